The van der Waals surface area contributed by atoms with Crippen molar-refractivity contribution in [1.82, 2.24) is 15.3 Å². The second-order valence-corrected chi connectivity index (χ2v) is 5.06. The Bertz CT molecular complexity index is 410. The summed E-state index contributed by atoms with van der Waals surface area (Å²) in [6, 6.07) is 2.65. The normalized spacial score (nSPS) is 18.6. The molecule has 0 aromatic carbocycles. The Morgan fingerprint density at radius 1 is 1.26 bits per heavy atom. The number of hydrogen-bond acceptors (Lipinski definition) is 5. The number of nitrogens with one attached hydrogen (secondary N) is 1. The summed E-state index contributed by atoms with van der Waals surface area (Å²) in [6.07, 6.45) is 1.18. The predicted molar refractivity (Wildman–Crippen MR) is 80.0 cm³/mol. The van der Waals surface area contributed by atoms with Crippen LogP contribution in [0.15, 0.2) is 6.07 Å². The molecule has 1 N–H and O–H groups in total. The van der Waals surface area contributed by atoms with Gasteiger partial charge in [0, 0.05) is 38.8 Å². The van der Waals surface area contributed by atoms with Gasteiger partial charge in [-0.05, 0) is 33.7 Å². The number of likely N-dealkylation sites (N-methyl/N-ethyl adjacent to an activating group) is 1. The van der Waals surface area contributed by atoms with Gasteiger partial charge < -0.3 is 15.1 Å². The Hall–Kier alpha value is -1.36. The topological polar surface area (TPSA) is 44.3 Å². The van der Waals surface area contributed by atoms with Crippen LogP contribution < -0.4 is 15.1 Å². The number of aryl methyl sites for hydroxylation is 1. The van der Waals surface area contributed by atoms with Gasteiger partial charge in [-0.3, -0.25) is 0 Å². The van der Waals surface area contributed by atoms with Crippen LogP contribution in [0.5, 0.6) is 0 Å². The van der Waals surface area contributed by atoms with Gasteiger partial charge in [0.25, 0.3) is 0 Å². The lowest BCUT2D eigenvalue weighted by molar-refractivity contribution is 0.674. The molecule has 1 aliphatic heterocycles. The first-order chi connectivity index (χ1) is 9.15. The van der Waals surface area contributed by atoms with Crippen LogP contribution in [0.4, 0.5) is 11.6 Å². The third-order valence-corrected chi connectivity index (χ3v) is 3.84. The molecule has 1 fully saturated rings. The van der Waals surface area contributed by atoms with E-state index in [0.29, 0.717) is 6.04 Å². The summed E-state index contributed by atoms with van der Waals surface area (Å²) in [5, 5.41) is 3.40. The fraction of sp³-hybridized carbons (Fsp3) is 0.714. The third-order valence-electron chi connectivity index (χ3n) is 3.84. The van der Waals surface area contributed by atoms with Gasteiger partial charge in [-0.2, -0.15) is 0 Å². The molecule has 0 radical (unpaired) electrons. The summed E-state index contributed by atoms with van der Waals surface area (Å²) in [5.41, 5.74) is 0. The van der Waals surface area contributed by atoms with Gasteiger partial charge in [-0.1, -0.05) is 0 Å². The molecule has 0 spiro atoms. The van der Waals surface area contributed by atoms with Crippen molar-refractivity contribution in [3.8, 4) is 0 Å². The van der Waals surface area contributed by atoms with E-state index in [4.69, 9.17) is 0 Å². The van der Waals surface area contributed by atoms with Gasteiger partial charge in [0.1, 0.15) is 17.5 Å². The van der Waals surface area contributed by atoms with Gasteiger partial charge in [-0.25, -0.2) is 9.97 Å². The highest BCUT2D eigenvalue weighted by atomic mass is 15.3. The molecule has 5 heteroatoms. The molecule has 1 atom stereocenters. The maximum atomic E-state index is 4.59. The lowest BCUT2D eigenvalue weighted by Crippen LogP contribution is -2.34. The van der Waals surface area contributed by atoms with E-state index >= 15 is 0 Å². The minimum absolute atomic E-state index is 0.541. The monoisotopic (exact) mass is 263 g/mol. The Balaban J connectivity index is 2.24. The number of anilines is 2. The minimum Gasteiger partial charge on any atom is -0.357 e. The van der Waals surface area contributed by atoms with E-state index in [-0.39, 0.29) is 0 Å². The molecule has 19 heavy (non-hydrogen) atoms. The van der Waals surface area contributed by atoms with E-state index in [0.717, 1.165) is 43.6 Å². The molecule has 0 aliphatic carbocycles. The van der Waals surface area contributed by atoms with E-state index in [1.54, 1.807) is 0 Å². The van der Waals surface area contributed by atoms with E-state index in [2.05, 4.69) is 52.0 Å². The summed E-state index contributed by atoms with van der Waals surface area (Å²) < 4.78 is 0. The molecule has 0 amide bonds. The highest BCUT2D eigenvalue weighted by Gasteiger charge is 2.21. The van der Waals surface area contributed by atoms with Crippen molar-refractivity contribution in [2.75, 3.05) is 43.0 Å². The first-order valence-corrected chi connectivity index (χ1v) is 7.19. The summed E-state index contributed by atoms with van der Waals surface area (Å²) in [6.45, 7) is 10.4. The van der Waals surface area contributed by atoms with Crippen LogP contribution in [0.2, 0.25) is 0 Å². The highest BCUT2D eigenvalue weighted by Crippen LogP contribution is 2.21. The Morgan fingerprint density at radius 3 is 2.53 bits per heavy atom. The molecule has 106 valence electrons. The molecule has 1 saturated heterocycles. The van der Waals surface area contributed by atoms with Gasteiger partial charge >= 0.3 is 0 Å². The lowest BCUT2D eigenvalue weighted by Gasteiger charge is -2.27. The zero-order valence-electron chi connectivity index (χ0n) is 12.5. The highest BCUT2D eigenvalue weighted by molar-refractivity contribution is 5.51. The molecule has 0 bridgehead atoms. The zero-order chi connectivity index (χ0) is 13.8. The van der Waals surface area contributed by atoms with Crippen molar-refractivity contribution >= 4 is 11.6 Å². The SMILES string of the molecule is CCN(CC)c1cc(N(C)C2CCNC2)nc(C)n1. The first-order valence-electron chi connectivity index (χ1n) is 7.19. The van der Waals surface area contributed by atoms with Crippen LogP contribution in [-0.4, -0.2) is 49.2 Å². The summed E-state index contributed by atoms with van der Waals surface area (Å²) >= 11 is 0. The molecular formula is C14H25N5. The van der Waals surface area contributed by atoms with Crippen molar-refractivity contribution in [3.05, 3.63) is 11.9 Å². The van der Waals surface area contributed by atoms with Crippen molar-refractivity contribution in [1.29, 1.82) is 0 Å². The second kappa shape index (κ2) is 6.19. The maximum Gasteiger partial charge on any atom is 0.134 e. The van der Waals surface area contributed by atoms with Crippen molar-refractivity contribution in [3.63, 3.8) is 0 Å². The molecule has 2 heterocycles. The quantitative estimate of drug-likeness (QED) is 0.870. The molecule has 5 nitrogen and oxygen atoms in total. The molecule has 1 aromatic heterocycles. The van der Waals surface area contributed by atoms with E-state index in [1.165, 1.54) is 6.42 Å². The molecular weight excluding hydrogens is 238 g/mol. The average molecular weight is 263 g/mol. The fourth-order valence-corrected chi connectivity index (χ4v) is 2.58. The number of hydrogen-bond donors (Lipinski definition) is 1. The maximum absolute atomic E-state index is 4.59. The largest absolute Gasteiger partial charge is 0.357 e. The lowest BCUT2D eigenvalue weighted by atomic mass is 10.2. The smallest absolute Gasteiger partial charge is 0.134 e. The second-order valence-electron chi connectivity index (χ2n) is 5.06. The number of rotatable bonds is 5. The van der Waals surface area contributed by atoms with Gasteiger partial charge in [0.05, 0.1) is 0 Å². The van der Waals surface area contributed by atoms with Crippen LogP contribution in [-0.2, 0) is 0 Å². The first kappa shape index (κ1) is 14.1. The Labute approximate surface area is 116 Å². The van der Waals surface area contributed by atoms with E-state index in [1.807, 2.05) is 6.92 Å². The van der Waals surface area contributed by atoms with Gasteiger partial charge in [0.15, 0.2) is 0 Å². The van der Waals surface area contributed by atoms with Crippen molar-refractivity contribution < 1.29 is 0 Å². The molecule has 2 rings (SSSR count). The van der Waals surface area contributed by atoms with Gasteiger partial charge in [-0.15, -0.1) is 0 Å². The Kier molecular flexibility index (Phi) is 4.58. The summed E-state index contributed by atoms with van der Waals surface area (Å²) in [7, 11) is 2.13. The standard InChI is InChI=1S/C14H25N5/c1-5-19(6-2)14-9-13(16-11(3)17-14)18(4)12-7-8-15-10-12/h9,12,15H,5-8,10H2,1-4H3. The van der Waals surface area contributed by atoms with E-state index < -0.39 is 0 Å². The fourth-order valence-electron chi connectivity index (χ4n) is 2.58. The number of aromatic nitrogens is 2. The van der Waals surface area contributed by atoms with Crippen molar-refractivity contribution in [2.45, 2.75) is 33.2 Å². The number of nitrogens with zero attached hydrogens (tertiary/aromatic N) is 4. The minimum atomic E-state index is 0.541. The molecule has 1 unspecified atom stereocenters. The summed E-state index contributed by atoms with van der Waals surface area (Å²) in [4.78, 5) is 13.7. The zero-order valence-corrected chi connectivity index (χ0v) is 12.5. The predicted octanol–water partition coefficient (Wildman–Crippen LogP) is 1.43. The van der Waals surface area contributed by atoms with E-state index in [9.17, 15) is 0 Å². The van der Waals surface area contributed by atoms with Crippen molar-refractivity contribution in [2.24, 2.45) is 0 Å². The van der Waals surface area contributed by atoms with Crippen LogP contribution in [0, 0.1) is 6.92 Å². The van der Waals surface area contributed by atoms with Crippen LogP contribution in [0.3, 0.4) is 0 Å². The summed E-state index contributed by atoms with van der Waals surface area (Å²) in [5.74, 6) is 2.91. The molecule has 1 aliphatic rings. The van der Waals surface area contributed by atoms with Crippen LogP contribution in [0.1, 0.15) is 26.1 Å². The molecule has 0 saturated carbocycles. The van der Waals surface area contributed by atoms with Gasteiger partial charge in [0.2, 0.25) is 0 Å². The average Bonchev–Trinajstić information content (AvgIpc) is 2.92. The van der Waals surface area contributed by atoms with Crippen LogP contribution >= 0.6 is 0 Å². The Morgan fingerprint density at radius 2 is 1.95 bits per heavy atom. The molecule has 1 aromatic rings. The third kappa shape index (κ3) is 3.15. The van der Waals surface area contributed by atoms with Crippen LogP contribution in [0.25, 0.3) is 0 Å².